The number of hydrogen-bond acceptors (Lipinski definition) is 5. The van der Waals surface area contributed by atoms with Gasteiger partial charge in [0.2, 0.25) is 5.91 Å². The molecule has 0 N–H and O–H groups in total. The van der Waals surface area contributed by atoms with Crippen molar-refractivity contribution in [2.45, 2.75) is 20.0 Å². The number of carbonyl (C=O) groups excluding carboxylic acids is 2. The van der Waals surface area contributed by atoms with Crippen LogP contribution in [0.5, 0.6) is 5.75 Å². The largest absolute Gasteiger partial charge is 0.477 e. The molecule has 6 heteroatoms. The highest BCUT2D eigenvalue weighted by atomic mass is 16.5. The highest BCUT2D eigenvalue weighted by Gasteiger charge is 2.23. The van der Waals surface area contributed by atoms with Gasteiger partial charge in [0.1, 0.15) is 6.10 Å². The second-order valence-corrected chi connectivity index (χ2v) is 10.8. The molecule has 1 fully saturated rings. The SMILES string of the molecule is CC(=O)c1cc2c(/C(C)=C\C(=O)N3CCN(c4ccccc4)CC3)ccc(OC(c3ccccc3)c3ccccc3)c2o1. The molecule has 0 radical (unpaired) electrons. The lowest BCUT2D eigenvalue weighted by Gasteiger charge is -2.35. The number of nitrogens with zero attached hydrogens (tertiary/aromatic N) is 2. The first kappa shape index (κ1) is 28.0. The number of carbonyl (C=O) groups is 2. The summed E-state index contributed by atoms with van der Waals surface area (Å²) in [6, 6.07) is 35.9. The van der Waals surface area contributed by atoms with Crippen LogP contribution in [-0.2, 0) is 4.79 Å². The molecule has 6 nitrogen and oxygen atoms in total. The molecule has 216 valence electrons. The molecule has 0 aliphatic carbocycles. The van der Waals surface area contributed by atoms with E-state index in [0.717, 1.165) is 40.7 Å². The van der Waals surface area contributed by atoms with Crippen molar-refractivity contribution in [2.24, 2.45) is 0 Å². The highest BCUT2D eigenvalue weighted by Crippen LogP contribution is 2.38. The number of para-hydroxylation sites is 1. The van der Waals surface area contributed by atoms with Crippen molar-refractivity contribution in [3.8, 4) is 5.75 Å². The number of ether oxygens (including phenoxy) is 1. The minimum absolute atomic E-state index is 0.0257. The Hall–Kier alpha value is -5.10. The summed E-state index contributed by atoms with van der Waals surface area (Å²) in [6.07, 6.45) is 1.31. The predicted molar refractivity (Wildman–Crippen MR) is 170 cm³/mol. The molecule has 0 spiro atoms. The van der Waals surface area contributed by atoms with Crippen LogP contribution < -0.4 is 9.64 Å². The number of piperazine rings is 1. The Bertz CT molecular complexity index is 1710. The average Bonchev–Trinajstić information content (AvgIpc) is 3.51. The van der Waals surface area contributed by atoms with Crippen molar-refractivity contribution in [1.29, 1.82) is 0 Å². The van der Waals surface area contributed by atoms with Crippen LogP contribution in [0, 0.1) is 0 Å². The van der Waals surface area contributed by atoms with Crippen molar-refractivity contribution in [1.82, 2.24) is 4.90 Å². The van der Waals surface area contributed by atoms with Gasteiger partial charge >= 0.3 is 0 Å². The number of Topliss-reactive ketones (excluding diaryl/α,β-unsaturated/α-hetero) is 1. The van der Waals surface area contributed by atoms with Gasteiger partial charge in [-0.15, -0.1) is 0 Å². The normalized spacial score (nSPS) is 13.9. The van der Waals surface area contributed by atoms with Gasteiger partial charge in [0.25, 0.3) is 0 Å². The zero-order valence-corrected chi connectivity index (χ0v) is 24.4. The van der Waals surface area contributed by atoms with Gasteiger partial charge in [0, 0.05) is 50.3 Å². The predicted octanol–water partition coefficient (Wildman–Crippen LogP) is 7.56. The van der Waals surface area contributed by atoms with Gasteiger partial charge in [-0.3, -0.25) is 9.59 Å². The summed E-state index contributed by atoms with van der Waals surface area (Å²) >= 11 is 0. The summed E-state index contributed by atoms with van der Waals surface area (Å²) in [6.45, 7) is 6.28. The number of allylic oxidation sites excluding steroid dienone is 1. The molecule has 1 aliphatic heterocycles. The van der Waals surface area contributed by atoms with E-state index in [2.05, 4.69) is 17.0 Å². The molecule has 6 rings (SSSR count). The lowest BCUT2D eigenvalue weighted by molar-refractivity contribution is -0.126. The van der Waals surface area contributed by atoms with Gasteiger partial charge in [-0.05, 0) is 53.5 Å². The van der Waals surface area contributed by atoms with Gasteiger partial charge in [-0.2, -0.15) is 0 Å². The smallest absolute Gasteiger partial charge is 0.246 e. The number of anilines is 1. The Labute approximate surface area is 251 Å². The Morgan fingerprint density at radius 3 is 1.93 bits per heavy atom. The van der Waals surface area contributed by atoms with Crippen LogP contribution in [0.25, 0.3) is 16.5 Å². The molecule has 5 aromatic rings. The fourth-order valence-corrected chi connectivity index (χ4v) is 5.60. The van der Waals surface area contributed by atoms with Crippen LogP contribution in [0.2, 0.25) is 0 Å². The minimum atomic E-state index is -0.380. The molecule has 0 unspecified atom stereocenters. The number of fused-ring (bicyclic) bond motifs is 1. The number of amides is 1. The van der Waals surface area contributed by atoms with Crippen LogP contribution in [0.4, 0.5) is 5.69 Å². The number of benzene rings is 4. The van der Waals surface area contributed by atoms with Crippen LogP contribution in [-0.4, -0.2) is 42.8 Å². The van der Waals surface area contributed by atoms with Crippen molar-refractivity contribution >= 4 is 33.9 Å². The van der Waals surface area contributed by atoms with E-state index in [-0.39, 0.29) is 23.6 Å². The van der Waals surface area contributed by atoms with Crippen molar-refractivity contribution in [3.63, 3.8) is 0 Å². The molecule has 1 saturated heterocycles. The number of ketones is 1. The van der Waals surface area contributed by atoms with E-state index in [1.807, 2.05) is 103 Å². The minimum Gasteiger partial charge on any atom is -0.477 e. The molecule has 0 bridgehead atoms. The number of furan rings is 1. The van der Waals surface area contributed by atoms with Gasteiger partial charge in [-0.1, -0.05) is 84.9 Å². The topological polar surface area (TPSA) is 63.0 Å². The molecule has 0 saturated carbocycles. The first-order chi connectivity index (χ1) is 21.0. The maximum absolute atomic E-state index is 13.3. The highest BCUT2D eigenvalue weighted by molar-refractivity contribution is 6.04. The third-order valence-corrected chi connectivity index (χ3v) is 7.92. The van der Waals surface area contributed by atoms with Crippen molar-refractivity contribution < 1.29 is 18.7 Å². The van der Waals surface area contributed by atoms with E-state index in [9.17, 15) is 9.59 Å². The van der Waals surface area contributed by atoms with Gasteiger partial charge in [-0.25, -0.2) is 0 Å². The second-order valence-electron chi connectivity index (χ2n) is 10.8. The van der Waals surface area contributed by atoms with E-state index in [0.29, 0.717) is 24.4 Å². The molecule has 2 heterocycles. The summed E-state index contributed by atoms with van der Waals surface area (Å²) in [4.78, 5) is 29.9. The van der Waals surface area contributed by atoms with Gasteiger partial charge in [0.05, 0.1) is 0 Å². The molecule has 43 heavy (non-hydrogen) atoms. The van der Waals surface area contributed by atoms with Crippen molar-refractivity contribution in [3.05, 3.63) is 138 Å². The number of rotatable bonds is 8. The summed E-state index contributed by atoms with van der Waals surface area (Å²) in [5, 5.41) is 0.734. The second kappa shape index (κ2) is 12.4. The lowest BCUT2D eigenvalue weighted by atomic mass is 10.00. The maximum Gasteiger partial charge on any atom is 0.246 e. The van der Waals surface area contributed by atoms with Crippen LogP contribution >= 0.6 is 0 Å². The summed E-state index contributed by atoms with van der Waals surface area (Å²) in [7, 11) is 0. The van der Waals surface area contributed by atoms with Crippen LogP contribution in [0.15, 0.2) is 120 Å². The van der Waals surface area contributed by atoms with E-state index >= 15 is 0 Å². The number of hydrogen-bond donors (Lipinski definition) is 0. The zero-order valence-electron chi connectivity index (χ0n) is 24.4. The monoisotopic (exact) mass is 570 g/mol. The maximum atomic E-state index is 13.3. The summed E-state index contributed by atoms with van der Waals surface area (Å²) < 4.78 is 12.7. The Morgan fingerprint density at radius 2 is 1.35 bits per heavy atom. The fourth-order valence-electron chi connectivity index (χ4n) is 5.60. The lowest BCUT2D eigenvalue weighted by Crippen LogP contribution is -2.48. The quantitative estimate of drug-likeness (QED) is 0.142. The first-order valence-electron chi connectivity index (χ1n) is 14.6. The Kier molecular flexibility index (Phi) is 8.09. The third-order valence-electron chi connectivity index (χ3n) is 7.92. The zero-order chi connectivity index (χ0) is 29.8. The van der Waals surface area contributed by atoms with E-state index in [1.54, 1.807) is 12.1 Å². The summed E-state index contributed by atoms with van der Waals surface area (Å²) in [5.41, 5.74) is 5.28. The Morgan fingerprint density at radius 1 is 0.767 bits per heavy atom. The molecule has 0 atom stereocenters. The van der Waals surface area contributed by atoms with Crippen molar-refractivity contribution in [2.75, 3.05) is 31.1 Å². The van der Waals surface area contributed by atoms with E-state index in [1.165, 1.54) is 12.6 Å². The molecular weight excluding hydrogens is 536 g/mol. The van der Waals surface area contributed by atoms with Crippen LogP contribution in [0.3, 0.4) is 0 Å². The third kappa shape index (κ3) is 6.09. The Balaban J connectivity index is 1.29. The molecular formula is C37H34N2O4. The fraction of sp³-hybridized carbons (Fsp3) is 0.189. The van der Waals surface area contributed by atoms with Gasteiger partial charge in [0.15, 0.2) is 22.9 Å². The van der Waals surface area contributed by atoms with E-state index in [4.69, 9.17) is 9.15 Å². The van der Waals surface area contributed by atoms with Crippen LogP contribution in [0.1, 0.15) is 47.2 Å². The first-order valence-corrected chi connectivity index (χ1v) is 14.6. The standard InChI is InChI=1S/C37H34N2O4/c1-26(24-35(41)39-22-20-38(21-23-39)30-16-10-5-11-17-30)31-18-19-33(37-32(31)25-34(43-37)27(2)40)42-36(28-12-6-3-7-13-28)29-14-8-4-9-15-29/h3-19,24-25,36H,20-23H2,1-2H3/b26-24-. The molecule has 1 amide bonds. The average molecular weight is 571 g/mol. The summed E-state index contributed by atoms with van der Waals surface area (Å²) in [5.74, 6) is 0.575. The van der Waals surface area contributed by atoms with Gasteiger partial charge < -0.3 is 19.0 Å². The van der Waals surface area contributed by atoms with E-state index < -0.39 is 0 Å². The molecule has 1 aromatic heterocycles. The molecule has 4 aromatic carbocycles. The molecule has 1 aliphatic rings.